The fourth-order valence-corrected chi connectivity index (χ4v) is 2.49. The molecule has 1 heterocycles. The van der Waals surface area contributed by atoms with Crippen molar-refractivity contribution in [1.82, 2.24) is 10.6 Å². The number of anilines is 1. The molecule has 1 atom stereocenters. The number of nitrogens with zero attached hydrogens (tertiary/aromatic N) is 2. The molecule has 0 aliphatic carbocycles. The normalized spacial score (nSPS) is 12.3. The van der Waals surface area contributed by atoms with Crippen LogP contribution in [0.3, 0.4) is 0 Å². The molecule has 2 aromatic rings. The van der Waals surface area contributed by atoms with E-state index in [4.69, 9.17) is 4.42 Å². The van der Waals surface area contributed by atoms with Crippen LogP contribution in [0.1, 0.15) is 35.6 Å². The van der Waals surface area contributed by atoms with E-state index in [0.29, 0.717) is 0 Å². The van der Waals surface area contributed by atoms with E-state index in [1.54, 1.807) is 7.05 Å². The number of rotatable bonds is 5. The molecule has 1 aromatic heterocycles. The van der Waals surface area contributed by atoms with Crippen molar-refractivity contribution in [2.45, 2.75) is 33.4 Å². The van der Waals surface area contributed by atoms with Gasteiger partial charge in [-0.25, -0.2) is 0 Å². The number of nitrogens with one attached hydrogen (secondary N) is 2. The van der Waals surface area contributed by atoms with Gasteiger partial charge < -0.3 is 20.0 Å². The zero-order valence-corrected chi connectivity index (χ0v) is 18.2. The highest BCUT2D eigenvalue weighted by Crippen LogP contribution is 2.18. The summed E-state index contributed by atoms with van der Waals surface area (Å²) in [4.78, 5) is 6.40. The van der Waals surface area contributed by atoms with E-state index >= 15 is 0 Å². The van der Waals surface area contributed by atoms with Crippen molar-refractivity contribution in [2.24, 2.45) is 4.99 Å². The van der Waals surface area contributed by atoms with Crippen LogP contribution in [0.4, 0.5) is 5.69 Å². The summed E-state index contributed by atoms with van der Waals surface area (Å²) in [6.07, 6.45) is 0. The molecule has 1 unspecified atom stereocenters. The Kier molecular flexibility index (Phi) is 8.28. The second kappa shape index (κ2) is 9.70. The van der Waals surface area contributed by atoms with Crippen molar-refractivity contribution in [3.8, 4) is 0 Å². The minimum absolute atomic E-state index is 0. The van der Waals surface area contributed by atoms with Gasteiger partial charge in [0.1, 0.15) is 11.5 Å². The van der Waals surface area contributed by atoms with Crippen molar-refractivity contribution in [2.75, 3.05) is 26.0 Å². The molecular formula is C19H29IN4O. The highest BCUT2D eigenvalue weighted by molar-refractivity contribution is 14.0. The van der Waals surface area contributed by atoms with E-state index in [0.717, 1.165) is 24.0 Å². The largest absolute Gasteiger partial charge is 0.464 e. The number of aliphatic imine (C=N–C) groups is 1. The number of aryl methyl sites for hydroxylation is 2. The third-order valence-electron chi connectivity index (χ3n) is 4.05. The molecule has 0 aliphatic rings. The highest BCUT2D eigenvalue weighted by Gasteiger charge is 2.11. The number of halogens is 1. The summed E-state index contributed by atoms with van der Waals surface area (Å²) < 4.78 is 5.66. The van der Waals surface area contributed by atoms with Crippen molar-refractivity contribution in [3.63, 3.8) is 0 Å². The fourth-order valence-electron chi connectivity index (χ4n) is 2.49. The molecule has 1 aromatic carbocycles. The molecule has 0 bridgehead atoms. The Morgan fingerprint density at radius 3 is 2.44 bits per heavy atom. The Balaban J connectivity index is 0.00000312. The Labute approximate surface area is 167 Å². The lowest BCUT2D eigenvalue weighted by atomic mass is 10.1. The maximum Gasteiger partial charge on any atom is 0.191 e. The molecule has 138 valence electrons. The van der Waals surface area contributed by atoms with Gasteiger partial charge in [0.15, 0.2) is 5.96 Å². The first kappa shape index (κ1) is 21.3. The maximum absolute atomic E-state index is 5.66. The first-order valence-electron chi connectivity index (χ1n) is 8.21. The van der Waals surface area contributed by atoms with Gasteiger partial charge in [-0.15, -0.1) is 24.0 Å². The maximum atomic E-state index is 5.66. The van der Waals surface area contributed by atoms with Crippen molar-refractivity contribution in [1.29, 1.82) is 0 Å². The van der Waals surface area contributed by atoms with Crippen LogP contribution in [-0.4, -0.2) is 27.1 Å². The van der Waals surface area contributed by atoms with Gasteiger partial charge in [-0.2, -0.15) is 0 Å². The molecule has 2 rings (SSSR count). The number of hydrogen-bond acceptors (Lipinski definition) is 3. The average molecular weight is 456 g/mol. The van der Waals surface area contributed by atoms with Crippen LogP contribution in [0.25, 0.3) is 0 Å². The zero-order valence-electron chi connectivity index (χ0n) is 15.9. The van der Waals surface area contributed by atoms with Gasteiger partial charge in [-0.05, 0) is 56.2 Å². The Morgan fingerprint density at radius 2 is 1.92 bits per heavy atom. The van der Waals surface area contributed by atoms with Crippen LogP contribution in [0.15, 0.2) is 39.7 Å². The van der Waals surface area contributed by atoms with Crippen molar-refractivity contribution < 1.29 is 4.42 Å². The summed E-state index contributed by atoms with van der Waals surface area (Å²) in [6, 6.07) is 10.5. The highest BCUT2D eigenvalue weighted by atomic mass is 127. The van der Waals surface area contributed by atoms with Crippen LogP contribution in [0.5, 0.6) is 0 Å². The smallest absolute Gasteiger partial charge is 0.191 e. The van der Waals surface area contributed by atoms with E-state index in [9.17, 15) is 0 Å². The molecule has 0 aliphatic heterocycles. The van der Waals surface area contributed by atoms with E-state index in [2.05, 4.69) is 66.7 Å². The molecule has 6 heteroatoms. The molecule has 0 fully saturated rings. The second-order valence-electron chi connectivity index (χ2n) is 6.25. The van der Waals surface area contributed by atoms with Gasteiger partial charge in [0.25, 0.3) is 0 Å². The SMILES string of the molecule is CN=C(NCc1ccc(N(C)C)cc1C)NC(C)c1ccc(C)o1.I. The summed E-state index contributed by atoms with van der Waals surface area (Å²) in [5.74, 6) is 2.58. The fraction of sp³-hybridized carbons (Fsp3) is 0.421. The molecule has 25 heavy (non-hydrogen) atoms. The molecule has 0 saturated carbocycles. The van der Waals surface area contributed by atoms with Crippen LogP contribution in [0.2, 0.25) is 0 Å². The van der Waals surface area contributed by atoms with E-state index < -0.39 is 0 Å². The van der Waals surface area contributed by atoms with E-state index in [1.165, 1.54) is 16.8 Å². The van der Waals surface area contributed by atoms with Crippen LogP contribution < -0.4 is 15.5 Å². The number of guanidine groups is 1. The van der Waals surface area contributed by atoms with Crippen molar-refractivity contribution >= 4 is 35.6 Å². The molecule has 0 amide bonds. The number of benzene rings is 1. The number of furan rings is 1. The van der Waals surface area contributed by atoms with E-state index in [1.807, 2.05) is 19.1 Å². The first-order valence-corrected chi connectivity index (χ1v) is 8.21. The van der Waals surface area contributed by atoms with Gasteiger partial charge in [0, 0.05) is 33.4 Å². The second-order valence-corrected chi connectivity index (χ2v) is 6.25. The topological polar surface area (TPSA) is 52.8 Å². The predicted molar refractivity (Wildman–Crippen MR) is 116 cm³/mol. The van der Waals surface area contributed by atoms with Gasteiger partial charge >= 0.3 is 0 Å². The summed E-state index contributed by atoms with van der Waals surface area (Å²) in [6.45, 7) is 6.86. The lowest BCUT2D eigenvalue weighted by Crippen LogP contribution is -2.38. The van der Waals surface area contributed by atoms with Crippen LogP contribution in [-0.2, 0) is 6.54 Å². The predicted octanol–water partition coefficient (Wildman–Crippen LogP) is 4.01. The minimum atomic E-state index is 0. The summed E-state index contributed by atoms with van der Waals surface area (Å²) >= 11 is 0. The van der Waals surface area contributed by atoms with Crippen LogP contribution >= 0.6 is 24.0 Å². The van der Waals surface area contributed by atoms with Gasteiger partial charge in [0.05, 0.1) is 6.04 Å². The third-order valence-corrected chi connectivity index (χ3v) is 4.05. The summed E-state index contributed by atoms with van der Waals surface area (Å²) in [5, 5.41) is 6.72. The molecular weight excluding hydrogens is 427 g/mol. The molecule has 0 spiro atoms. The zero-order chi connectivity index (χ0) is 17.7. The lowest BCUT2D eigenvalue weighted by molar-refractivity contribution is 0.441. The van der Waals surface area contributed by atoms with Gasteiger partial charge in [0.2, 0.25) is 0 Å². The standard InChI is InChI=1S/C19H28N4O.HI/c1-13-11-17(23(5)6)9-8-16(13)12-21-19(20-4)22-15(3)18-10-7-14(2)24-18;/h7-11,15H,12H2,1-6H3,(H2,20,21,22);1H. The summed E-state index contributed by atoms with van der Waals surface area (Å²) in [5.41, 5.74) is 3.73. The number of hydrogen-bond donors (Lipinski definition) is 2. The van der Waals surface area contributed by atoms with E-state index in [-0.39, 0.29) is 30.0 Å². The lowest BCUT2D eigenvalue weighted by Gasteiger charge is -2.18. The van der Waals surface area contributed by atoms with Gasteiger partial charge in [-0.3, -0.25) is 4.99 Å². The third kappa shape index (κ3) is 5.95. The molecule has 0 radical (unpaired) electrons. The van der Waals surface area contributed by atoms with Crippen LogP contribution in [0, 0.1) is 13.8 Å². The Morgan fingerprint density at radius 1 is 1.20 bits per heavy atom. The molecule has 5 nitrogen and oxygen atoms in total. The quantitative estimate of drug-likeness (QED) is 0.406. The monoisotopic (exact) mass is 456 g/mol. The van der Waals surface area contributed by atoms with Gasteiger partial charge in [-0.1, -0.05) is 6.07 Å². The first-order chi connectivity index (χ1) is 11.4. The Bertz CT molecular complexity index is 709. The van der Waals surface area contributed by atoms with Crippen molar-refractivity contribution in [3.05, 3.63) is 53.0 Å². The summed E-state index contributed by atoms with van der Waals surface area (Å²) in [7, 11) is 5.88. The Hall–Kier alpha value is -1.70. The molecule has 2 N–H and O–H groups in total. The minimum Gasteiger partial charge on any atom is -0.464 e. The molecule has 0 saturated heterocycles. The average Bonchev–Trinajstić information content (AvgIpc) is 2.98.